The first-order chi connectivity index (χ1) is 11.7. The van der Waals surface area contributed by atoms with Gasteiger partial charge in [0.05, 0.1) is 17.5 Å². The molecule has 4 atom stereocenters. The molecule has 130 valence electrons. The molecule has 5 rings (SSSR count). The van der Waals surface area contributed by atoms with Crippen LogP contribution in [0.25, 0.3) is 0 Å². The van der Waals surface area contributed by atoms with E-state index in [1.165, 1.54) is 21.6 Å². The molecule has 5 heterocycles. The number of piperazine rings is 1. The Morgan fingerprint density at radius 1 is 1.28 bits per heavy atom. The fourth-order valence-electron chi connectivity index (χ4n) is 4.06. The number of aromatic nitrogens is 1. The summed E-state index contributed by atoms with van der Waals surface area (Å²) in [5.74, 6) is -0.203. The number of hydrogen-bond donors (Lipinski definition) is 0. The molecular weight excluding hydrogens is 356 g/mol. The molecule has 0 radical (unpaired) electrons. The number of hydrogen-bond acceptors (Lipinski definition) is 6. The number of likely N-dealkylation sites (N-methyl/N-ethyl adjacent to an activating group) is 1. The van der Waals surface area contributed by atoms with Crippen LogP contribution >= 0.6 is 21.6 Å². The van der Waals surface area contributed by atoms with E-state index in [4.69, 9.17) is 0 Å². The van der Waals surface area contributed by atoms with Gasteiger partial charge < -0.3 is 9.80 Å². The average molecular weight is 374 g/mol. The molecule has 1 unspecified atom stereocenters. The van der Waals surface area contributed by atoms with Crippen molar-refractivity contribution in [3.05, 3.63) is 29.6 Å². The van der Waals surface area contributed by atoms with Crippen LogP contribution in [-0.2, 0) is 9.59 Å². The maximum absolute atomic E-state index is 13.4. The largest absolute Gasteiger partial charge is 0.319 e. The van der Waals surface area contributed by atoms with E-state index >= 15 is 0 Å². The van der Waals surface area contributed by atoms with Crippen molar-refractivity contribution in [2.75, 3.05) is 7.05 Å². The second-order valence-electron chi connectivity index (χ2n) is 7.31. The Labute approximate surface area is 154 Å². The van der Waals surface area contributed by atoms with E-state index in [9.17, 15) is 14.9 Å². The zero-order valence-corrected chi connectivity index (χ0v) is 16.1. The van der Waals surface area contributed by atoms with E-state index in [2.05, 4.69) is 11.1 Å². The highest BCUT2D eigenvalue weighted by molar-refractivity contribution is 8.78. The van der Waals surface area contributed by atoms with Crippen LogP contribution in [0.5, 0.6) is 0 Å². The van der Waals surface area contributed by atoms with Gasteiger partial charge >= 0.3 is 0 Å². The molecule has 6 nitrogen and oxygen atoms in total. The second kappa shape index (κ2) is 4.92. The Morgan fingerprint density at radius 3 is 2.60 bits per heavy atom. The number of carbonyl (C=O) groups excluding carboxylic acids is 2. The molecule has 2 amide bonds. The molecule has 1 aromatic heterocycles. The fraction of sp³-hybridized carbons (Fsp3) is 0.529. The molecule has 0 aliphatic carbocycles. The van der Waals surface area contributed by atoms with Crippen LogP contribution in [0.1, 0.15) is 37.6 Å². The molecule has 1 aromatic rings. The summed E-state index contributed by atoms with van der Waals surface area (Å²) < 4.78 is 0. The average Bonchev–Trinajstić information content (AvgIpc) is 2.87. The Morgan fingerprint density at radius 2 is 2.00 bits per heavy atom. The van der Waals surface area contributed by atoms with Crippen molar-refractivity contribution in [2.45, 2.75) is 43.0 Å². The summed E-state index contributed by atoms with van der Waals surface area (Å²) in [6, 6.07) is 5.69. The minimum Gasteiger partial charge on any atom is -0.319 e. The topological polar surface area (TPSA) is 77.3 Å². The highest BCUT2D eigenvalue weighted by Gasteiger charge is 2.74. The summed E-state index contributed by atoms with van der Waals surface area (Å²) in [4.78, 5) is 32.1. The summed E-state index contributed by atoms with van der Waals surface area (Å²) >= 11 is 0. The predicted octanol–water partition coefficient (Wildman–Crippen LogP) is 2.47. The van der Waals surface area contributed by atoms with Crippen LogP contribution in [0.4, 0.5) is 0 Å². The van der Waals surface area contributed by atoms with Crippen LogP contribution < -0.4 is 0 Å². The predicted molar refractivity (Wildman–Crippen MR) is 96.0 cm³/mol. The number of aryl methyl sites for hydroxylation is 1. The molecule has 0 N–H and O–H groups in total. The van der Waals surface area contributed by atoms with Gasteiger partial charge in [-0.25, -0.2) is 0 Å². The Bertz CT molecular complexity index is 838. The normalized spacial score (nSPS) is 39.6. The molecule has 0 saturated carbocycles. The third kappa shape index (κ3) is 1.86. The molecule has 4 saturated heterocycles. The maximum Gasteiger partial charge on any atom is 0.261 e. The van der Waals surface area contributed by atoms with Crippen molar-refractivity contribution < 1.29 is 9.59 Å². The lowest BCUT2D eigenvalue weighted by molar-refractivity contribution is -0.164. The first-order valence-electron chi connectivity index (χ1n) is 8.02. The number of fused-ring (bicyclic) bond motifs is 2. The minimum absolute atomic E-state index is 0.0950. The van der Waals surface area contributed by atoms with E-state index in [1.807, 2.05) is 26.0 Å². The van der Waals surface area contributed by atoms with E-state index < -0.39 is 21.2 Å². The maximum atomic E-state index is 13.4. The van der Waals surface area contributed by atoms with Crippen molar-refractivity contribution >= 4 is 33.4 Å². The minimum atomic E-state index is -1.02. The monoisotopic (exact) mass is 374 g/mol. The van der Waals surface area contributed by atoms with Gasteiger partial charge in [0.25, 0.3) is 11.8 Å². The smallest absolute Gasteiger partial charge is 0.261 e. The van der Waals surface area contributed by atoms with E-state index in [0.29, 0.717) is 6.42 Å². The number of nitriles is 1. The SMILES string of the molecule is Cc1ccc(C2N3C(=O)[C@]4(C)SS[C@@]3(C[C@]2(C)C#N)C(=O)N4C)cn1. The highest BCUT2D eigenvalue weighted by atomic mass is 33.1. The van der Waals surface area contributed by atoms with Crippen molar-refractivity contribution in [2.24, 2.45) is 5.41 Å². The van der Waals surface area contributed by atoms with Crippen molar-refractivity contribution in [3.63, 3.8) is 0 Å². The van der Waals surface area contributed by atoms with Gasteiger partial charge in [0, 0.05) is 25.4 Å². The molecule has 1 spiro atoms. The summed E-state index contributed by atoms with van der Waals surface area (Å²) in [6.45, 7) is 5.51. The van der Waals surface area contributed by atoms with Crippen LogP contribution in [0.2, 0.25) is 0 Å². The molecule has 4 aliphatic rings. The third-order valence-electron chi connectivity index (χ3n) is 5.60. The molecule has 25 heavy (non-hydrogen) atoms. The van der Waals surface area contributed by atoms with E-state index in [0.717, 1.165) is 11.3 Å². The Balaban J connectivity index is 1.93. The van der Waals surface area contributed by atoms with Crippen LogP contribution in [-0.4, -0.2) is 43.4 Å². The van der Waals surface area contributed by atoms with Crippen molar-refractivity contribution in [1.82, 2.24) is 14.8 Å². The number of rotatable bonds is 1. The first kappa shape index (κ1) is 16.7. The van der Waals surface area contributed by atoms with Gasteiger partial charge in [-0.05, 0) is 32.4 Å². The summed E-state index contributed by atoms with van der Waals surface area (Å²) in [7, 11) is 4.52. The second-order valence-corrected chi connectivity index (χ2v) is 10.1. The molecular formula is C17H18N4O2S2. The number of nitrogens with zero attached hydrogens (tertiary/aromatic N) is 4. The van der Waals surface area contributed by atoms with Crippen molar-refractivity contribution in [3.8, 4) is 6.07 Å². The lowest BCUT2D eigenvalue weighted by Crippen LogP contribution is -2.73. The van der Waals surface area contributed by atoms with E-state index in [1.54, 1.807) is 30.0 Å². The first-order valence-corrected chi connectivity index (χ1v) is 10.2. The third-order valence-corrected chi connectivity index (χ3v) is 9.30. The molecule has 0 aromatic carbocycles. The Hall–Kier alpha value is -1.72. The standard InChI is InChI=1S/C17H18N4O2S2/c1-10-5-6-11(7-19-10)12-15(2,9-18)8-17-14(23)20(4)16(3,24-25-17)13(22)21(12)17/h5-7,12H,8H2,1-4H3/t12?,15-,16+,17+/m1/s1. The van der Waals surface area contributed by atoms with Gasteiger partial charge in [0.15, 0.2) is 9.74 Å². The van der Waals surface area contributed by atoms with Gasteiger partial charge in [-0.3, -0.25) is 14.6 Å². The quantitative estimate of drug-likeness (QED) is 0.703. The zero-order chi connectivity index (χ0) is 18.2. The molecule has 4 fully saturated rings. The van der Waals surface area contributed by atoms with Gasteiger partial charge in [-0.1, -0.05) is 27.7 Å². The number of carbonyl (C=O) groups is 2. The molecule has 2 bridgehead atoms. The summed E-state index contributed by atoms with van der Waals surface area (Å²) in [5, 5.41) is 9.94. The number of pyridine rings is 1. The fourth-order valence-corrected chi connectivity index (χ4v) is 7.64. The summed E-state index contributed by atoms with van der Waals surface area (Å²) in [5.41, 5.74) is 0.818. The highest BCUT2D eigenvalue weighted by Crippen LogP contribution is 2.69. The Kier molecular flexibility index (Phi) is 3.29. The van der Waals surface area contributed by atoms with Gasteiger partial charge in [-0.15, -0.1) is 0 Å². The van der Waals surface area contributed by atoms with Crippen LogP contribution in [0.15, 0.2) is 18.3 Å². The summed E-state index contributed by atoms with van der Waals surface area (Å²) in [6.07, 6.45) is 2.04. The van der Waals surface area contributed by atoms with Crippen LogP contribution in [0.3, 0.4) is 0 Å². The van der Waals surface area contributed by atoms with E-state index in [-0.39, 0.29) is 11.8 Å². The lowest BCUT2D eigenvalue weighted by Gasteiger charge is -2.57. The van der Waals surface area contributed by atoms with Crippen molar-refractivity contribution in [1.29, 1.82) is 5.26 Å². The zero-order valence-electron chi connectivity index (χ0n) is 14.4. The van der Waals surface area contributed by atoms with Gasteiger partial charge in [0.1, 0.15) is 0 Å². The van der Waals surface area contributed by atoms with Gasteiger partial charge in [-0.2, -0.15) is 5.26 Å². The van der Waals surface area contributed by atoms with Crippen LogP contribution in [0, 0.1) is 23.7 Å². The molecule has 8 heteroatoms. The molecule has 4 aliphatic heterocycles. The number of amides is 2. The lowest BCUT2D eigenvalue weighted by atomic mass is 9.80. The van der Waals surface area contributed by atoms with Gasteiger partial charge in [0.2, 0.25) is 0 Å².